The monoisotopic (exact) mass is 247 g/mol. The highest BCUT2D eigenvalue weighted by molar-refractivity contribution is 9.10. The predicted octanol–water partition coefficient (Wildman–Crippen LogP) is 2.51. The fraction of sp³-hybridized carbons (Fsp3) is 0.125. The highest BCUT2D eigenvalue weighted by Gasteiger charge is 2.11. The van der Waals surface area contributed by atoms with Crippen molar-refractivity contribution >= 4 is 33.4 Å². The number of primary amides is 1. The van der Waals surface area contributed by atoms with Crippen LogP contribution in [0, 0.1) is 6.92 Å². The zero-order chi connectivity index (χ0) is 9.30. The van der Waals surface area contributed by atoms with Gasteiger partial charge in [-0.05, 0) is 34.5 Å². The number of nitrogens with two attached hydrogens (primary N) is 1. The second kappa shape index (κ2) is 3.46. The molecular weight excluding hydrogens is 241 g/mol. The molecule has 0 saturated heterocycles. The highest BCUT2D eigenvalue weighted by Crippen LogP contribution is 2.28. The average Bonchev–Trinajstić information content (AvgIpc) is 1.97. The van der Waals surface area contributed by atoms with Gasteiger partial charge in [0.15, 0.2) is 0 Å². The summed E-state index contributed by atoms with van der Waals surface area (Å²) in [6.45, 7) is 1.81. The summed E-state index contributed by atoms with van der Waals surface area (Å²) in [5.41, 5.74) is 6.42. The molecule has 0 radical (unpaired) electrons. The Balaban J connectivity index is 3.43. The van der Waals surface area contributed by atoms with Crippen LogP contribution in [0.2, 0.25) is 5.02 Å². The number of hydrogen-bond acceptors (Lipinski definition) is 1. The molecule has 2 N–H and O–H groups in total. The predicted molar refractivity (Wildman–Crippen MR) is 52.4 cm³/mol. The Bertz CT molecular complexity index is 338. The second-order valence-corrected chi connectivity index (χ2v) is 3.62. The SMILES string of the molecule is Cc1ccc(Cl)c(Br)c1C(N)=O. The third-order valence-corrected chi connectivity index (χ3v) is 2.92. The van der Waals surface area contributed by atoms with Gasteiger partial charge in [0.2, 0.25) is 5.91 Å². The van der Waals surface area contributed by atoms with Crippen LogP contribution in [0.15, 0.2) is 16.6 Å². The summed E-state index contributed by atoms with van der Waals surface area (Å²) >= 11 is 8.97. The van der Waals surface area contributed by atoms with E-state index in [1.165, 1.54) is 0 Å². The molecule has 1 amide bonds. The normalized spacial score (nSPS) is 9.92. The van der Waals surface area contributed by atoms with Crippen LogP contribution in [0.5, 0.6) is 0 Å². The first-order chi connectivity index (χ1) is 5.54. The van der Waals surface area contributed by atoms with E-state index in [0.29, 0.717) is 15.1 Å². The standard InChI is InChI=1S/C8H7BrClNO/c1-4-2-3-5(10)7(9)6(4)8(11)12/h2-3H,1H3,(H2,11,12). The smallest absolute Gasteiger partial charge is 0.250 e. The number of aryl methyl sites for hydroxylation is 1. The lowest BCUT2D eigenvalue weighted by atomic mass is 10.1. The Hall–Kier alpha value is -0.540. The molecule has 0 heterocycles. The summed E-state index contributed by atoms with van der Waals surface area (Å²) in [7, 11) is 0. The van der Waals surface area contributed by atoms with E-state index in [1.807, 2.05) is 0 Å². The number of rotatable bonds is 1. The molecule has 4 heteroatoms. The van der Waals surface area contributed by atoms with E-state index < -0.39 is 5.91 Å². The van der Waals surface area contributed by atoms with Crippen molar-refractivity contribution in [1.82, 2.24) is 0 Å². The summed E-state index contributed by atoms with van der Waals surface area (Å²) < 4.78 is 0.566. The first kappa shape index (κ1) is 9.55. The van der Waals surface area contributed by atoms with Gasteiger partial charge in [0.1, 0.15) is 0 Å². The number of hydrogen-bond donors (Lipinski definition) is 1. The lowest BCUT2D eigenvalue weighted by Gasteiger charge is -2.05. The molecule has 2 nitrogen and oxygen atoms in total. The van der Waals surface area contributed by atoms with E-state index in [0.717, 1.165) is 5.56 Å². The highest BCUT2D eigenvalue weighted by atomic mass is 79.9. The van der Waals surface area contributed by atoms with Gasteiger partial charge in [-0.1, -0.05) is 17.7 Å². The summed E-state index contributed by atoms with van der Waals surface area (Å²) in [5.74, 6) is -0.470. The number of carbonyl (C=O) groups is 1. The molecule has 0 saturated carbocycles. The van der Waals surface area contributed by atoms with Gasteiger partial charge in [0.05, 0.1) is 10.6 Å². The quantitative estimate of drug-likeness (QED) is 0.815. The Labute approximate surface area is 83.8 Å². The molecule has 12 heavy (non-hydrogen) atoms. The molecule has 0 spiro atoms. The van der Waals surface area contributed by atoms with Crippen LogP contribution < -0.4 is 5.73 Å². The molecular formula is C8H7BrClNO. The third kappa shape index (κ3) is 1.62. The van der Waals surface area contributed by atoms with Crippen LogP contribution in [0.25, 0.3) is 0 Å². The lowest BCUT2D eigenvalue weighted by molar-refractivity contribution is 0.0999. The van der Waals surface area contributed by atoms with Gasteiger partial charge in [-0.15, -0.1) is 0 Å². The Morgan fingerprint density at radius 3 is 2.58 bits per heavy atom. The molecule has 1 aromatic carbocycles. The van der Waals surface area contributed by atoms with Crippen molar-refractivity contribution < 1.29 is 4.79 Å². The van der Waals surface area contributed by atoms with Crippen LogP contribution >= 0.6 is 27.5 Å². The maximum Gasteiger partial charge on any atom is 0.250 e. The minimum atomic E-state index is -0.470. The van der Waals surface area contributed by atoms with Crippen LogP contribution in [0.4, 0.5) is 0 Å². The number of carbonyl (C=O) groups excluding carboxylic acids is 1. The fourth-order valence-electron chi connectivity index (χ4n) is 0.950. The molecule has 0 fully saturated rings. The van der Waals surface area contributed by atoms with Crippen LogP contribution in [0.3, 0.4) is 0 Å². The summed E-state index contributed by atoms with van der Waals surface area (Å²) in [6, 6.07) is 3.47. The largest absolute Gasteiger partial charge is 0.366 e. The van der Waals surface area contributed by atoms with E-state index in [2.05, 4.69) is 15.9 Å². The molecule has 1 aromatic rings. The van der Waals surface area contributed by atoms with Crippen LogP contribution in [-0.4, -0.2) is 5.91 Å². The van der Waals surface area contributed by atoms with E-state index in [-0.39, 0.29) is 0 Å². The minimum Gasteiger partial charge on any atom is -0.366 e. The number of amides is 1. The van der Waals surface area contributed by atoms with Gasteiger partial charge >= 0.3 is 0 Å². The molecule has 0 unspecified atom stereocenters. The molecule has 0 bridgehead atoms. The zero-order valence-corrected chi connectivity index (χ0v) is 8.74. The fourth-order valence-corrected chi connectivity index (χ4v) is 1.75. The van der Waals surface area contributed by atoms with Crippen molar-refractivity contribution in [3.63, 3.8) is 0 Å². The second-order valence-electron chi connectivity index (χ2n) is 2.42. The summed E-state index contributed by atoms with van der Waals surface area (Å²) in [5, 5.41) is 0.495. The molecule has 1 rings (SSSR count). The average molecular weight is 249 g/mol. The summed E-state index contributed by atoms with van der Waals surface area (Å²) in [6.07, 6.45) is 0. The molecule has 64 valence electrons. The van der Waals surface area contributed by atoms with Crippen molar-refractivity contribution in [2.75, 3.05) is 0 Å². The molecule has 0 aliphatic carbocycles. The van der Waals surface area contributed by atoms with Gasteiger partial charge < -0.3 is 5.73 Å². The van der Waals surface area contributed by atoms with Gasteiger partial charge in [-0.25, -0.2) is 0 Å². The van der Waals surface area contributed by atoms with E-state index in [9.17, 15) is 4.79 Å². The first-order valence-corrected chi connectivity index (χ1v) is 4.45. The topological polar surface area (TPSA) is 43.1 Å². The minimum absolute atomic E-state index is 0.447. The molecule has 0 aliphatic heterocycles. The van der Waals surface area contributed by atoms with E-state index in [1.54, 1.807) is 19.1 Å². The van der Waals surface area contributed by atoms with Crippen molar-refractivity contribution in [2.24, 2.45) is 5.73 Å². The van der Waals surface area contributed by atoms with Gasteiger partial charge in [0, 0.05) is 4.47 Å². The Morgan fingerprint density at radius 2 is 2.17 bits per heavy atom. The van der Waals surface area contributed by atoms with Crippen molar-refractivity contribution in [1.29, 1.82) is 0 Å². The Kier molecular flexibility index (Phi) is 2.75. The van der Waals surface area contributed by atoms with Crippen molar-refractivity contribution in [3.05, 3.63) is 32.8 Å². The van der Waals surface area contributed by atoms with Crippen LogP contribution in [-0.2, 0) is 0 Å². The number of halogens is 2. The zero-order valence-electron chi connectivity index (χ0n) is 6.40. The van der Waals surface area contributed by atoms with E-state index in [4.69, 9.17) is 17.3 Å². The van der Waals surface area contributed by atoms with Crippen molar-refractivity contribution in [3.8, 4) is 0 Å². The Morgan fingerprint density at radius 1 is 1.58 bits per heavy atom. The third-order valence-electron chi connectivity index (χ3n) is 1.55. The van der Waals surface area contributed by atoms with Gasteiger partial charge in [-0.3, -0.25) is 4.79 Å². The van der Waals surface area contributed by atoms with Crippen molar-refractivity contribution in [2.45, 2.75) is 6.92 Å². The molecule has 0 atom stereocenters. The maximum absolute atomic E-state index is 10.9. The first-order valence-electron chi connectivity index (χ1n) is 3.28. The number of benzene rings is 1. The lowest BCUT2D eigenvalue weighted by Crippen LogP contribution is -2.13. The van der Waals surface area contributed by atoms with Gasteiger partial charge in [0.25, 0.3) is 0 Å². The molecule has 0 aliphatic rings. The summed E-state index contributed by atoms with van der Waals surface area (Å²) in [4.78, 5) is 10.9. The van der Waals surface area contributed by atoms with E-state index >= 15 is 0 Å². The molecule has 0 aromatic heterocycles. The maximum atomic E-state index is 10.9. The van der Waals surface area contributed by atoms with Gasteiger partial charge in [-0.2, -0.15) is 0 Å². The van der Waals surface area contributed by atoms with Crippen LogP contribution in [0.1, 0.15) is 15.9 Å².